The van der Waals surface area contributed by atoms with Gasteiger partial charge in [0.1, 0.15) is 0 Å². The van der Waals surface area contributed by atoms with E-state index < -0.39 is 0 Å². The van der Waals surface area contributed by atoms with Crippen LogP contribution in [0.4, 0.5) is 0 Å². The van der Waals surface area contributed by atoms with Crippen LogP contribution in [-0.2, 0) is 0 Å². The summed E-state index contributed by atoms with van der Waals surface area (Å²) in [7, 11) is 0. The van der Waals surface area contributed by atoms with E-state index in [1.165, 1.54) is 33.8 Å². The number of aromatic nitrogens is 3. The van der Waals surface area contributed by atoms with Crippen LogP contribution in [0.25, 0.3) is 0 Å². The maximum atomic E-state index is 3.42. The molecule has 0 fully saturated rings. The summed E-state index contributed by atoms with van der Waals surface area (Å²) < 4.78 is 0. The molecule has 0 bridgehead atoms. The highest BCUT2D eigenvalue weighted by Crippen LogP contribution is 2.37. The molecule has 3 aromatic heterocycles. The van der Waals surface area contributed by atoms with Crippen LogP contribution in [0.1, 0.15) is 46.5 Å². The Hall–Kier alpha value is -3.46. The van der Waals surface area contributed by atoms with E-state index in [2.05, 4.69) is 93.8 Å². The molecule has 4 aromatic rings. The summed E-state index contributed by atoms with van der Waals surface area (Å²) in [5.74, 6) is 0.448. The first-order valence-corrected chi connectivity index (χ1v) is 9.75. The number of allylic oxidation sites excluding steroid dienone is 4. The van der Waals surface area contributed by atoms with Crippen molar-refractivity contribution in [2.24, 2.45) is 0 Å². The maximum Gasteiger partial charge on any atom is 0.0641 e. The Morgan fingerprint density at radius 2 is 1.11 bits per heavy atom. The highest BCUT2D eigenvalue weighted by molar-refractivity contribution is 5.45. The Bertz CT molecular complexity index is 1030. The molecule has 0 aliphatic heterocycles. The van der Waals surface area contributed by atoms with Gasteiger partial charge in [-0.05, 0) is 53.9 Å². The first-order valence-electron chi connectivity index (χ1n) is 9.75. The van der Waals surface area contributed by atoms with E-state index in [4.69, 9.17) is 0 Å². The third kappa shape index (κ3) is 3.05. The molecular formula is C25H23N3. The minimum atomic E-state index is 0.176. The predicted octanol–water partition coefficient (Wildman–Crippen LogP) is 5.87. The zero-order chi connectivity index (χ0) is 18.8. The van der Waals surface area contributed by atoms with Gasteiger partial charge in [-0.3, -0.25) is 0 Å². The topological polar surface area (TPSA) is 47.4 Å². The lowest BCUT2D eigenvalue weighted by atomic mass is 9.85. The number of H-pyrrole nitrogens is 3. The second-order valence-corrected chi connectivity index (χ2v) is 7.28. The molecule has 0 amide bonds. The SMILES string of the molecule is C1=CCC(C(c2ccc(C(c3ccc[nH]3)c3ccc[nH]3)cc2)c2ccc[nH]2)=C1. The van der Waals surface area contributed by atoms with Gasteiger partial charge >= 0.3 is 0 Å². The monoisotopic (exact) mass is 365 g/mol. The molecule has 0 saturated heterocycles. The van der Waals surface area contributed by atoms with Gasteiger partial charge in [0.15, 0.2) is 0 Å². The first-order chi connectivity index (χ1) is 13.9. The van der Waals surface area contributed by atoms with E-state index >= 15 is 0 Å². The van der Waals surface area contributed by atoms with Crippen LogP contribution in [0.3, 0.4) is 0 Å². The summed E-state index contributed by atoms with van der Waals surface area (Å²) in [6.45, 7) is 0. The van der Waals surface area contributed by atoms with Crippen LogP contribution in [0.15, 0.2) is 103 Å². The second kappa shape index (κ2) is 7.28. The fourth-order valence-corrected chi connectivity index (χ4v) is 4.25. The molecule has 1 aromatic carbocycles. The predicted molar refractivity (Wildman–Crippen MR) is 113 cm³/mol. The second-order valence-electron chi connectivity index (χ2n) is 7.28. The largest absolute Gasteiger partial charge is 0.364 e. The summed E-state index contributed by atoms with van der Waals surface area (Å²) in [4.78, 5) is 10.2. The Balaban J connectivity index is 1.52. The van der Waals surface area contributed by atoms with Gasteiger partial charge in [0.2, 0.25) is 0 Å². The van der Waals surface area contributed by atoms with Gasteiger partial charge in [0, 0.05) is 41.6 Å². The van der Waals surface area contributed by atoms with Crippen LogP contribution < -0.4 is 0 Å². The van der Waals surface area contributed by atoms with Crippen LogP contribution >= 0.6 is 0 Å². The summed E-state index contributed by atoms with van der Waals surface area (Å²) in [6, 6.07) is 21.7. The van der Waals surface area contributed by atoms with Gasteiger partial charge in [-0.25, -0.2) is 0 Å². The van der Waals surface area contributed by atoms with E-state index in [1.54, 1.807) is 0 Å². The minimum Gasteiger partial charge on any atom is -0.364 e. The van der Waals surface area contributed by atoms with Crippen LogP contribution in [-0.4, -0.2) is 15.0 Å². The number of hydrogen-bond acceptors (Lipinski definition) is 0. The Morgan fingerprint density at radius 1 is 0.607 bits per heavy atom. The molecule has 1 aliphatic carbocycles. The lowest BCUT2D eigenvalue weighted by Gasteiger charge is -2.20. The van der Waals surface area contributed by atoms with Gasteiger partial charge in [0.05, 0.1) is 5.92 Å². The van der Waals surface area contributed by atoms with E-state index in [0.717, 1.165) is 6.42 Å². The van der Waals surface area contributed by atoms with Gasteiger partial charge in [-0.1, -0.05) is 48.1 Å². The average Bonchev–Trinajstić information content (AvgIpc) is 3.52. The third-order valence-electron chi connectivity index (χ3n) is 5.57. The standard InChI is InChI=1S/C25H23N3/c1-2-7-18(6-1)24(21-8-3-15-26-21)19-11-13-20(14-12-19)25(22-9-4-16-27-22)23-10-5-17-28-23/h1-6,8-17,24-28H,7H2. The molecule has 28 heavy (non-hydrogen) atoms. The highest BCUT2D eigenvalue weighted by atomic mass is 14.7. The fourth-order valence-electron chi connectivity index (χ4n) is 4.25. The quantitative estimate of drug-likeness (QED) is 0.383. The third-order valence-corrected chi connectivity index (χ3v) is 5.57. The average molecular weight is 365 g/mol. The Labute approximate surface area is 164 Å². The zero-order valence-electron chi connectivity index (χ0n) is 15.6. The van der Waals surface area contributed by atoms with Gasteiger partial charge in [-0.15, -0.1) is 0 Å². The summed E-state index contributed by atoms with van der Waals surface area (Å²) in [5.41, 5.74) is 7.65. The zero-order valence-corrected chi connectivity index (χ0v) is 15.6. The lowest BCUT2D eigenvalue weighted by Crippen LogP contribution is -2.07. The number of nitrogens with one attached hydrogen (secondary N) is 3. The molecule has 3 heteroatoms. The molecular weight excluding hydrogens is 342 g/mol. The van der Waals surface area contributed by atoms with Gasteiger partial charge < -0.3 is 15.0 Å². The molecule has 0 spiro atoms. The van der Waals surface area contributed by atoms with Crippen molar-refractivity contribution in [3.05, 3.63) is 131 Å². The van der Waals surface area contributed by atoms with Crippen LogP contribution in [0.2, 0.25) is 0 Å². The fraction of sp³-hybridized carbons (Fsp3) is 0.120. The van der Waals surface area contributed by atoms with Crippen molar-refractivity contribution in [2.45, 2.75) is 18.3 Å². The summed E-state index contributed by atoms with van der Waals surface area (Å²) in [6.07, 6.45) is 13.6. The Morgan fingerprint density at radius 3 is 1.54 bits per heavy atom. The molecule has 138 valence electrons. The van der Waals surface area contributed by atoms with Crippen molar-refractivity contribution in [3.8, 4) is 0 Å². The summed E-state index contributed by atoms with van der Waals surface area (Å²) >= 11 is 0. The van der Waals surface area contributed by atoms with Gasteiger partial charge in [0.25, 0.3) is 0 Å². The van der Waals surface area contributed by atoms with E-state index in [-0.39, 0.29) is 11.8 Å². The van der Waals surface area contributed by atoms with Gasteiger partial charge in [-0.2, -0.15) is 0 Å². The minimum absolute atomic E-state index is 0.176. The van der Waals surface area contributed by atoms with Crippen LogP contribution in [0, 0.1) is 0 Å². The van der Waals surface area contributed by atoms with E-state index in [9.17, 15) is 0 Å². The Kier molecular flexibility index (Phi) is 4.34. The van der Waals surface area contributed by atoms with E-state index in [1.807, 2.05) is 18.6 Å². The van der Waals surface area contributed by atoms with Crippen molar-refractivity contribution >= 4 is 0 Å². The molecule has 3 N–H and O–H groups in total. The molecule has 3 heterocycles. The highest BCUT2D eigenvalue weighted by Gasteiger charge is 2.22. The van der Waals surface area contributed by atoms with Crippen molar-refractivity contribution in [1.29, 1.82) is 0 Å². The molecule has 1 atom stereocenters. The first kappa shape index (κ1) is 16.7. The molecule has 1 aliphatic rings. The molecule has 1 unspecified atom stereocenters. The van der Waals surface area contributed by atoms with Crippen LogP contribution in [0.5, 0.6) is 0 Å². The maximum absolute atomic E-state index is 3.42. The summed E-state index contributed by atoms with van der Waals surface area (Å²) in [5, 5.41) is 0. The number of hydrogen-bond donors (Lipinski definition) is 3. The smallest absolute Gasteiger partial charge is 0.0641 e. The van der Waals surface area contributed by atoms with Crippen molar-refractivity contribution in [2.75, 3.05) is 0 Å². The van der Waals surface area contributed by atoms with Crippen molar-refractivity contribution < 1.29 is 0 Å². The normalized spacial score (nSPS) is 14.5. The van der Waals surface area contributed by atoms with Crippen molar-refractivity contribution in [3.63, 3.8) is 0 Å². The molecule has 3 nitrogen and oxygen atoms in total. The van der Waals surface area contributed by atoms with Crippen molar-refractivity contribution in [1.82, 2.24) is 15.0 Å². The molecule has 0 radical (unpaired) electrons. The van der Waals surface area contributed by atoms with E-state index in [0.29, 0.717) is 0 Å². The lowest BCUT2D eigenvalue weighted by molar-refractivity contribution is 0.872. The number of rotatable bonds is 6. The molecule has 5 rings (SSSR count). The number of aromatic amines is 3. The number of benzene rings is 1. The molecule has 0 saturated carbocycles.